The highest BCUT2D eigenvalue weighted by Gasteiger charge is 2.06. The highest BCUT2D eigenvalue weighted by Crippen LogP contribution is 2.13. The Kier molecular flexibility index (Phi) is 2.54. The molecule has 1 aliphatic heterocycles. The Labute approximate surface area is 83.6 Å². The second-order valence-electron chi connectivity index (χ2n) is 3.37. The zero-order chi connectivity index (χ0) is 9.80. The maximum Gasteiger partial charge on any atom is 0.118 e. The monoisotopic (exact) mass is 187 g/mol. The molecule has 0 aromatic heterocycles. The van der Waals surface area contributed by atoms with Gasteiger partial charge in [-0.05, 0) is 23.6 Å². The molecule has 1 aliphatic rings. The Hall–Kier alpha value is -1.70. The van der Waals surface area contributed by atoms with Crippen molar-refractivity contribution in [3.8, 4) is 0 Å². The molecule has 0 atom stereocenters. The van der Waals surface area contributed by atoms with Crippen LogP contribution in [0.1, 0.15) is 5.56 Å². The molecule has 14 heavy (non-hydrogen) atoms. The van der Waals surface area contributed by atoms with E-state index in [1.54, 1.807) is 12.3 Å². The van der Waals surface area contributed by atoms with Crippen LogP contribution in [0.25, 0.3) is 0 Å². The largest absolute Gasteiger partial charge is 0.508 e. The molecular formula is C12H13NO. The summed E-state index contributed by atoms with van der Waals surface area (Å²) in [6.07, 6.45) is 4.27. The highest BCUT2D eigenvalue weighted by molar-refractivity contribution is 5.30. The quantitative estimate of drug-likeness (QED) is 0.743. The van der Waals surface area contributed by atoms with Gasteiger partial charge in [-0.25, -0.2) is 0 Å². The van der Waals surface area contributed by atoms with Gasteiger partial charge in [0.05, 0.1) is 0 Å². The Morgan fingerprint density at radius 3 is 2.71 bits per heavy atom. The van der Waals surface area contributed by atoms with Crippen LogP contribution in [0.15, 0.2) is 53.9 Å². The average molecular weight is 187 g/mol. The lowest BCUT2D eigenvalue weighted by molar-refractivity contribution is 0.417. The van der Waals surface area contributed by atoms with E-state index < -0.39 is 0 Å². The van der Waals surface area contributed by atoms with Crippen LogP contribution in [-0.2, 0) is 6.42 Å². The SMILES string of the molecule is OC1=C(Cc2ccccc2)CNC=C1. The van der Waals surface area contributed by atoms with Gasteiger partial charge in [0.25, 0.3) is 0 Å². The first-order valence-electron chi connectivity index (χ1n) is 4.71. The van der Waals surface area contributed by atoms with Crippen LogP contribution in [0.4, 0.5) is 0 Å². The zero-order valence-corrected chi connectivity index (χ0v) is 7.90. The molecule has 0 saturated carbocycles. The van der Waals surface area contributed by atoms with Gasteiger partial charge in [-0.2, -0.15) is 0 Å². The third kappa shape index (κ3) is 1.96. The minimum atomic E-state index is 0.396. The molecule has 0 amide bonds. The molecule has 2 N–H and O–H groups in total. The fraction of sp³-hybridized carbons (Fsp3) is 0.167. The van der Waals surface area contributed by atoms with E-state index >= 15 is 0 Å². The molecule has 0 radical (unpaired) electrons. The number of allylic oxidation sites excluding steroid dienone is 1. The van der Waals surface area contributed by atoms with Crippen molar-refractivity contribution >= 4 is 0 Å². The molecule has 0 fully saturated rings. The van der Waals surface area contributed by atoms with Crippen molar-refractivity contribution in [3.63, 3.8) is 0 Å². The lowest BCUT2D eigenvalue weighted by atomic mass is 10.0. The smallest absolute Gasteiger partial charge is 0.118 e. The minimum Gasteiger partial charge on any atom is -0.508 e. The first-order chi connectivity index (χ1) is 6.86. The Morgan fingerprint density at radius 1 is 1.21 bits per heavy atom. The molecule has 1 aromatic rings. The number of aliphatic hydroxyl groups is 1. The predicted molar refractivity (Wildman–Crippen MR) is 56.9 cm³/mol. The van der Waals surface area contributed by atoms with Gasteiger partial charge in [-0.1, -0.05) is 30.3 Å². The van der Waals surface area contributed by atoms with Crippen molar-refractivity contribution < 1.29 is 5.11 Å². The molecule has 0 bridgehead atoms. The maximum absolute atomic E-state index is 9.58. The van der Waals surface area contributed by atoms with Crippen molar-refractivity contribution in [1.82, 2.24) is 5.32 Å². The topological polar surface area (TPSA) is 32.3 Å². The van der Waals surface area contributed by atoms with Gasteiger partial charge in [-0.3, -0.25) is 0 Å². The minimum absolute atomic E-state index is 0.396. The summed E-state index contributed by atoms with van der Waals surface area (Å²) in [6.45, 7) is 0.733. The number of hydrogen-bond donors (Lipinski definition) is 2. The number of benzene rings is 1. The predicted octanol–water partition coefficient (Wildman–Crippen LogP) is 2.16. The third-order valence-corrected chi connectivity index (χ3v) is 2.30. The first kappa shape index (κ1) is 8.88. The molecule has 0 unspecified atom stereocenters. The van der Waals surface area contributed by atoms with E-state index in [2.05, 4.69) is 17.4 Å². The molecule has 2 rings (SSSR count). The van der Waals surface area contributed by atoms with Gasteiger partial charge >= 0.3 is 0 Å². The number of hydrogen-bond acceptors (Lipinski definition) is 2. The molecule has 72 valence electrons. The van der Waals surface area contributed by atoms with Gasteiger partial charge < -0.3 is 10.4 Å². The molecule has 0 spiro atoms. The van der Waals surface area contributed by atoms with E-state index in [1.165, 1.54) is 5.56 Å². The summed E-state index contributed by atoms with van der Waals surface area (Å²) < 4.78 is 0. The van der Waals surface area contributed by atoms with E-state index in [9.17, 15) is 5.11 Å². The summed E-state index contributed by atoms with van der Waals surface area (Å²) in [7, 11) is 0. The molecular weight excluding hydrogens is 174 g/mol. The third-order valence-electron chi connectivity index (χ3n) is 2.30. The highest BCUT2D eigenvalue weighted by atomic mass is 16.3. The molecule has 0 saturated heterocycles. The van der Waals surface area contributed by atoms with Gasteiger partial charge in [0.2, 0.25) is 0 Å². The summed E-state index contributed by atoms with van der Waals surface area (Å²) in [4.78, 5) is 0. The van der Waals surface area contributed by atoms with Crippen LogP contribution >= 0.6 is 0 Å². The Morgan fingerprint density at radius 2 is 2.00 bits per heavy atom. The Balaban J connectivity index is 2.15. The van der Waals surface area contributed by atoms with Crippen molar-refractivity contribution in [2.75, 3.05) is 6.54 Å². The lowest BCUT2D eigenvalue weighted by Gasteiger charge is -2.13. The van der Waals surface area contributed by atoms with Crippen molar-refractivity contribution in [1.29, 1.82) is 0 Å². The van der Waals surface area contributed by atoms with Crippen LogP contribution in [0.5, 0.6) is 0 Å². The van der Waals surface area contributed by atoms with Crippen LogP contribution in [0, 0.1) is 0 Å². The fourth-order valence-electron chi connectivity index (χ4n) is 1.52. The maximum atomic E-state index is 9.58. The van der Waals surface area contributed by atoms with Crippen LogP contribution < -0.4 is 5.32 Å². The lowest BCUT2D eigenvalue weighted by Crippen LogP contribution is -2.16. The fourth-order valence-corrected chi connectivity index (χ4v) is 1.52. The summed E-state index contributed by atoms with van der Waals surface area (Å²) in [5, 5.41) is 12.7. The van der Waals surface area contributed by atoms with E-state index in [0.717, 1.165) is 18.5 Å². The summed E-state index contributed by atoms with van der Waals surface area (Å²) in [5.74, 6) is 0.396. The first-order valence-corrected chi connectivity index (χ1v) is 4.71. The van der Waals surface area contributed by atoms with Gasteiger partial charge in [0, 0.05) is 12.7 Å². The molecule has 1 aromatic carbocycles. The van der Waals surface area contributed by atoms with Crippen molar-refractivity contribution in [2.45, 2.75) is 6.42 Å². The summed E-state index contributed by atoms with van der Waals surface area (Å²) >= 11 is 0. The number of rotatable bonds is 2. The zero-order valence-electron chi connectivity index (χ0n) is 7.90. The molecule has 2 heteroatoms. The van der Waals surface area contributed by atoms with Crippen LogP contribution in [0.3, 0.4) is 0 Å². The molecule has 1 heterocycles. The second kappa shape index (κ2) is 4.01. The van der Waals surface area contributed by atoms with E-state index in [1.807, 2.05) is 18.2 Å². The van der Waals surface area contributed by atoms with Gasteiger partial charge in [-0.15, -0.1) is 0 Å². The van der Waals surface area contributed by atoms with Crippen molar-refractivity contribution in [3.05, 3.63) is 59.5 Å². The molecule has 0 aliphatic carbocycles. The number of aliphatic hydroxyl groups excluding tert-OH is 1. The van der Waals surface area contributed by atoms with Crippen LogP contribution in [-0.4, -0.2) is 11.7 Å². The van der Waals surface area contributed by atoms with E-state index in [4.69, 9.17) is 0 Å². The Bertz CT molecular complexity index is 365. The van der Waals surface area contributed by atoms with E-state index in [-0.39, 0.29) is 0 Å². The second-order valence-corrected chi connectivity index (χ2v) is 3.37. The molecule has 2 nitrogen and oxygen atoms in total. The van der Waals surface area contributed by atoms with Gasteiger partial charge in [0.1, 0.15) is 5.76 Å². The summed E-state index contributed by atoms with van der Waals surface area (Å²) in [5.41, 5.74) is 2.27. The summed E-state index contributed by atoms with van der Waals surface area (Å²) in [6, 6.07) is 10.2. The van der Waals surface area contributed by atoms with E-state index in [0.29, 0.717) is 5.76 Å². The average Bonchev–Trinajstić information content (AvgIpc) is 2.23. The van der Waals surface area contributed by atoms with Gasteiger partial charge in [0.15, 0.2) is 0 Å². The number of dihydropyridines is 1. The normalized spacial score (nSPS) is 15.4. The van der Waals surface area contributed by atoms with Crippen molar-refractivity contribution in [2.24, 2.45) is 0 Å². The number of nitrogens with one attached hydrogen (secondary N) is 1. The standard InChI is InChI=1S/C12H13NO/c14-12-6-7-13-9-11(12)8-10-4-2-1-3-5-10/h1-7,13-14H,8-9H2. The van der Waals surface area contributed by atoms with Crippen LogP contribution in [0.2, 0.25) is 0 Å².